The first kappa shape index (κ1) is 14.2. The highest BCUT2D eigenvalue weighted by molar-refractivity contribution is 6.02. The number of morpholine rings is 1. The molecule has 120 valence electrons. The SMILES string of the molecule is O=C(Nc1ccc(N2CCOCC2)cn1)c1cc(C2CC2)[nH]n1. The number of nitrogens with one attached hydrogen (secondary N) is 2. The fourth-order valence-corrected chi connectivity index (χ4v) is 2.71. The lowest BCUT2D eigenvalue weighted by molar-refractivity contribution is 0.102. The van der Waals surface area contributed by atoms with Gasteiger partial charge in [0.15, 0.2) is 5.69 Å². The number of ether oxygens (including phenoxy) is 1. The summed E-state index contributed by atoms with van der Waals surface area (Å²) in [4.78, 5) is 18.7. The van der Waals surface area contributed by atoms with Crippen LogP contribution >= 0.6 is 0 Å². The first-order valence-electron chi connectivity index (χ1n) is 7.95. The van der Waals surface area contributed by atoms with Gasteiger partial charge in [0.1, 0.15) is 5.82 Å². The van der Waals surface area contributed by atoms with Crippen LogP contribution in [0.1, 0.15) is 34.9 Å². The number of rotatable bonds is 4. The Bertz CT molecular complexity index is 687. The van der Waals surface area contributed by atoms with E-state index < -0.39 is 0 Å². The van der Waals surface area contributed by atoms with Crippen molar-refractivity contribution in [2.75, 3.05) is 36.5 Å². The van der Waals surface area contributed by atoms with E-state index in [2.05, 4.69) is 25.4 Å². The van der Waals surface area contributed by atoms with Gasteiger partial charge in [-0.3, -0.25) is 9.89 Å². The van der Waals surface area contributed by atoms with Crippen LogP contribution in [-0.4, -0.2) is 47.4 Å². The summed E-state index contributed by atoms with van der Waals surface area (Å²) in [6.07, 6.45) is 4.13. The summed E-state index contributed by atoms with van der Waals surface area (Å²) in [7, 11) is 0. The maximum Gasteiger partial charge on any atom is 0.277 e. The molecule has 7 nitrogen and oxygen atoms in total. The van der Waals surface area contributed by atoms with E-state index >= 15 is 0 Å². The Balaban J connectivity index is 1.40. The number of aromatic amines is 1. The van der Waals surface area contributed by atoms with Crippen molar-refractivity contribution < 1.29 is 9.53 Å². The third-order valence-electron chi connectivity index (χ3n) is 4.21. The summed E-state index contributed by atoms with van der Waals surface area (Å²) < 4.78 is 5.34. The third kappa shape index (κ3) is 3.19. The fourth-order valence-electron chi connectivity index (χ4n) is 2.71. The average Bonchev–Trinajstić information content (AvgIpc) is 3.33. The molecule has 2 aliphatic rings. The van der Waals surface area contributed by atoms with Gasteiger partial charge >= 0.3 is 0 Å². The Kier molecular flexibility index (Phi) is 3.70. The molecule has 0 radical (unpaired) electrons. The molecule has 2 aromatic heterocycles. The molecule has 0 unspecified atom stereocenters. The summed E-state index contributed by atoms with van der Waals surface area (Å²) in [6, 6.07) is 5.61. The topological polar surface area (TPSA) is 83.1 Å². The number of pyridine rings is 1. The Morgan fingerprint density at radius 1 is 1.30 bits per heavy atom. The van der Waals surface area contributed by atoms with Crippen LogP contribution in [-0.2, 0) is 4.74 Å². The molecule has 1 aliphatic carbocycles. The Hall–Kier alpha value is -2.41. The summed E-state index contributed by atoms with van der Waals surface area (Å²) in [5.74, 6) is 0.845. The average molecular weight is 313 g/mol. The summed E-state index contributed by atoms with van der Waals surface area (Å²) in [6.45, 7) is 3.21. The van der Waals surface area contributed by atoms with Gasteiger partial charge in [-0.2, -0.15) is 5.10 Å². The molecule has 23 heavy (non-hydrogen) atoms. The predicted molar refractivity (Wildman–Crippen MR) is 85.8 cm³/mol. The number of H-pyrrole nitrogens is 1. The second-order valence-electron chi connectivity index (χ2n) is 5.94. The largest absolute Gasteiger partial charge is 0.378 e. The van der Waals surface area contributed by atoms with Crippen LogP contribution in [0.3, 0.4) is 0 Å². The molecule has 0 bridgehead atoms. The van der Waals surface area contributed by atoms with Crippen LogP contribution in [0.15, 0.2) is 24.4 Å². The van der Waals surface area contributed by atoms with Crippen molar-refractivity contribution >= 4 is 17.4 Å². The van der Waals surface area contributed by atoms with Gasteiger partial charge in [0.05, 0.1) is 25.1 Å². The molecule has 7 heteroatoms. The Morgan fingerprint density at radius 2 is 2.13 bits per heavy atom. The van der Waals surface area contributed by atoms with Crippen molar-refractivity contribution in [3.63, 3.8) is 0 Å². The smallest absolute Gasteiger partial charge is 0.277 e. The second kappa shape index (κ2) is 6.00. The molecule has 0 atom stereocenters. The number of carbonyl (C=O) groups excluding carboxylic acids is 1. The number of aromatic nitrogens is 3. The van der Waals surface area contributed by atoms with Crippen molar-refractivity contribution in [2.24, 2.45) is 0 Å². The van der Waals surface area contributed by atoms with Crippen LogP contribution in [0.2, 0.25) is 0 Å². The second-order valence-corrected chi connectivity index (χ2v) is 5.94. The minimum Gasteiger partial charge on any atom is -0.378 e. The lowest BCUT2D eigenvalue weighted by Gasteiger charge is -2.28. The fraction of sp³-hybridized carbons (Fsp3) is 0.438. The maximum absolute atomic E-state index is 12.2. The van der Waals surface area contributed by atoms with Gasteiger partial charge in [0.25, 0.3) is 5.91 Å². The van der Waals surface area contributed by atoms with Gasteiger partial charge in [-0.25, -0.2) is 4.98 Å². The van der Waals surface area contributed by atoms with Gasteiger partial charge < -0.3 is 15.0 Å². The molecule has 2 N–H and O–H groups in total. The van der Waals surface area contributed by atoms with Crippen LogP contribution < -0.4 is 10.2 Å². The maximum atomic E-state index is 12.2. The number of nitrogens with zero attached hydrogens (tertiary/aromatic N) is 3. The predicted octanol–water partition coefficient (Wildman–Crippen LogP) is 1.77. The molecule has 0 spiro atoms. The van der Waals surface area contributed by atoms with Crippen molar-refractivity contribution in [3.05, 3.63) is 35.8 Å². The van der Waals surface area contributed by atoms with E-state index in [9.17, 15) is 4.79 Å². The Morgan fingerprint density at radius 3 is 2.83 bits per heavy atom. The highest BCUT2D eigenvalue weighted by Gasteiger charge is 2.26. The molecule has 2 aromatic rings. The van der Waals surface area contributed by atoms with Crippen LogP contribution in [0.4, 0.5) is 11.5 Å². The lowest BCUT2D eigenvalue weighted by Crippen LogP contribution is -2.36. The molecular weight excluding hydrogens is 294 g/mol. The van der Waals surface area contributed by atoms with Crippen LogP contribution in [0.25, 0.3) is 0 Å². The highest BCUT2D eigenvalue weighted by atomic mass is 16.5. The van der Waals surface area contributed by atoms with Crippen LogP contribution in [0.5, 0.6) is 0 Å². The highest BCUT2D eigenvalue weighted by Crippen LogP contribution is 2.39. The van der Waals surface area contributed by atoms with Crippen molar-refractivity contribution in [1.82, 2.24) is 15.2 Å². The lowest BCUT2D eigenvalue weighted by atomic mass is 10.2. The van der Waals surface area contributed by atoms with E-state index in [1.807, 2.05) is 18.2 Å². The van der Waals surface area contributed by atoms with E-state index in [0.29, 0.717) is 17.4 Å². The van der Waals surface area contributed by atoms with Crippen molar-refractivity contribution in [3.8, 4) is 0 Å². The van der Waals surface area contributed by atoms with Gasteiger partial charge in [-0.1, -0.05) is 0 Å². The summed E-state index contributed by atoms with van der Waals surface area (Å²) in [5, 5.41) is 9.80. The van der Waals surface area contributed by atoms with E-state index in [-0.39, 0.29) is 5.91 Å². The zero-order valence-corrected chi connectivity index (χ0v) is 12.8. The van der Waals surface area contributed by atoms with Crippen molar-refractivity contribution in [1.29, 1.82) is 0 Å². The van der Waals surface area contributed by atoms with E-state index in [4.69, 9.17) is 4.74 Å². The minimum atomic E-state index is -0.236. The first-order chi connectivity index (χ1) is 11.3. The number of carbonyl (C=O) groups is 1. The molecule has 1 saturated heterocycles. The molecule has 4 rings (SSSR count). The van der Waals surface area contributed by atoms with E-state index in [0.717, 1.165) is 37.7 Å². The first-order valence-corrected chi connectivity index (χ1v) is 7.95. The number of anilines is 2. The molecule has 3 heterocycles. The molecule has 1 saturated carbocycles. The Labute approximate surface area is 134 Å². The molecule has 0 aromatic carbocycles. The molecule has 2 fully saturated rings. The van der Waals surface area contributed by atoms with Gasteiger partial charge in [-0.05, 0) is 31.0 Å². The van der Waals surface area contributed by atoms with Crippen molar-refractivity contribution in [2.45, 2.75) is 18.8 Å². The standard InChI is InChI=1S/C16H19N5O2/c22-16(14-9-13(19-20-14)11-1-2-11)18-15-4-3-12(10-17-15)21-5-7-23-8-6-21/h3-4,9-11H,1-2,5-8H2,(H,19,20)(H,17,18,22). The summed E-state index contributed by atoms with van der Waals surface area (Å²) in [5.41, 5.74) is 2.50. The zero-order valence-electron chi connectivity index (χ0n) is 12.8. The minimum absolute atomic E-state index is 0.236. The van der Waals surface area contributed by atoms with Gasteiger partial charge in [0, 0.05) is 24.7 Å². The quantitative estimate of drug-likeness (QED) is 0.899. The van der Waals surface area contributed by atoms with Crippen LogP contribution in [0, 0.1) is 0 Å². The third-order valence-corrected chi connectivity index (χ3v) is 4.21. The molecule has 1 aliphatic heterocycles. The zero-order chi connectivity index (χ0) is 15.6. The monoisotopic (exact) mass is 313 g/mol. The number of amides is 1. The summed E-state index contributed by atoms with van der Waals surface area (Å²) >= 11 is 0. The number of hydrogen-bond acceptors (Lipinski definition) is 5. The molecule has 1 amide bonds. The van der Waals surface area contributed by atoms with E-state index in [1.54, 1.807) is 6.20 Å². The van der Waals surface area contributed by atoms with Gasteiger partial charge in [0.2, 0.25) is 0 Å². The molecular formula is C16H19N5O2. The number of hydrogen-bond donors (Lipinski definition) is 2. The van der Waals surface area contributed by atoms with Gasteiger partial charge in [-0.15, -0.1) is 0 Å². The van der Waals surface area contributed by atoms with E-state index in [1.165, 1.54) is 12.8 Å². The normalized spacial score (nSPS) is 18.0.